The Labute approximate surface area is 116 Å². The van der Waals surface area contributed by atoms with E-state index < -0.39 is 5.82 Å². The van der Waals surface area contributed by atoms with Crippen molar-refractivity contribution in [3.8, 4) is 6.01 Å². The van der Waals surface area contributed by atoms with E-state index in [0.717, 1.165) is 35.4 Å². The van der Waals surface area contributed by atoms with E-state index in [9.17, 15) is 4.39 Å². The molecule has 7 heteroatoms. The maximum atomic E-state index is 13.4. The normalized spacial score (nSPS) is 14.4. The first-order chi connectivity index (χ1) is 9.60. The van der Waals surface area contributed by atoms with Crippen molar-refractivity contribution in [3.05, 3.63) is 35.5 Å². The molecule has 1 aromatic heterocycles. The highest BCUT2D eigenvalue weighted by Gasteiger charge is 2.11. The van der Waals surface area contributed by atoms with E-state index in [1.807, 2.05) is 6.08 Å². The second-order valence-corrected chi connectivity index (χ2v) is 4.36. The lowest BCUT2D eigenvalue weighted by atomic mass is 10.1. The van der Waals surface area contributed by atoms with Gasteiger partial charge in [0.15, 0.2) is 11.6 Å². The monoisotopic (exact) mass is 280 g/mol. The molecule has 0 saturated carbocycles. The number of nitrogens with zero attached hydrogens (tertiary/aromatic N) is 3. The van der Waals surface area contributed by atoms with E-state index in [4.69, 9.17) is 15.3 Å². The van der Waals surface area contributed by atoms with E-state index >= 15 is 0 Å². The van der Waals surface area contributed by atoms with Crippen LogP contribution in [-0.2, 0) is 4.74 Å². The minimum Gasteiger partial charge on any atom is -0.501 e. The SMILES string of the molecule is COC1=CC(COc2ncc(F)c(N(C)N)n2)=CCC1. The van der Waals surface area contributed by atoms with Crippen LogP contribution in [0.1, 0.15) is 12.8 Å². The van der Waals surface area contributed by atoms with Crippen LogP contribution in [0.4, 0.5) is 10.2 Å². The molecule has 20 heavy (non-hydrogen) atoms. The van der Waals surface area contributed by atoms with Crippen molar-refractivity contribution in [3.63, 3.8) is 0 Å². The van der Waals surface area contributed by atoms with Crippen molar-refractivity contribution in [2.75, 3.05) is 25.8 Å². The molecule has 1 aliphatic rings. The van der Waals surface area contributed by atoms with Crippen LogP contribution in [0.25, 0.3) is 0 Å². The Kier molecular flexibility index (Phi) is 4.52. The topological polar surface area (TPSA) is 73.5 Å². The fourth-order valence-corrected chi connectivity index (χ4v) is 1.81. The summed E-state index contributed by atoms with van der Waals surface area (Å²) in [5, 5.41) is 1.08. The zero-order valence-corrected chi connectivity index (χ0v) is 11.5. The summed E-state index contributed by atoms with van der Waals surface area (Å²) >= 11 is 0. The summed E-state index contributed by atoms with van der Waals surface area (Å²) in [7, 11) is 3.13. The molecular formula is C13H17FN4O2. The molecule has 0 spiro atoms. The van der Waals surface area contributed by atoms with Gasteiger partial charge < -0.3 is 9.47 Å². The van der Waals surface area contributed by atoms with Crippen LogP contribution in [0, 0.1) is 5.82 Å². The third-order valence-electron chi connectivity index (χ3n) is 2.81. The van der Waals surface area contributed by atoms with Crippen LogP contribution in [0.15, 0.2) is 29.7 Å². The Morgan fingerprint density at radius 2 is 2.30 bits per heavy atom. The second kappa shape index (κ2) is 6.33. The molecule has 0 aliphatic heterocycles. The average Bonchev–Trinajstić information content (AvgIpc) is 2.46. The van der Waals surface area contributed by atoms with Crippen LogP contribution in [0.3, 0.4) is 0 Å². The summed E-state index contributed by atoms with van der Waals surface area (Å²) in [6.45, 7) is 0.298. The predicted octanol–water partition coefficient (Wildman–Crippen LogP) is 1.55. The highest BCUT2D eigenvalue weighted by Crippen LogP contribution is 2.19. The number of nitrogens with two attached hydrogens (primary N) is 1. The molecule has 0 saturated heterocycles. The van der Waals surface area contributed by atoms with Gasteiger partial charge in [0.1, 0.15) is 6.61 Å². The molecule has 0 unspecified atom stereocenters. The molecule has 0 radical (unpaired) electrons. The molecule has 1 aliphatic carbocycles. The fraction of sp³-hybridized carbons (Fsp3) is 0.385. The average molecular weight is 280 g/mol. The zero-order chi connectivity index (χ0) is 14.5. The Morgan fingerprint density at radius 3 is 3.00 bits per heavy atom. The number of methoxy groups -OCH3 is 1. The number of anilines is 1. The number of halogens is 1. The van der Waals surface area contributed by atoms with Gasteiger partial charge in [0, 0.05) is 13.5 Å². The third kappa shape index (κ3) is 3.45. The Hall–Kier alpha value is -2.15. The van der Waals surface area contributed by atoms with Crippen molar-refractivity contribution < 1.29 is 13.9 Å². The van der Waals surface area contributed by atoms with Gasteiger partial charge in [-0.2, -0.15) is 4.98 Å². The Balaban J connectivity index is 2.03. The first kappa shape index (κ1) is 14.3. The summed E-state index contributed by atoms with van der Waals surface area (Å²) in [4.78, 5) is 7.68. The van der Waals surface area contributed by atoms with Gasteiger partial charge in [0.2, 0.25) is 0 Å². The maximum absolute atomic E-state index is 13.4. The van der Waals surface area contributed by atoms with Crippen molar-refractivity contribution in [1.29, 1.82) is 0 Å². The lowest BCUT2D eigenvalue weighted by Crippen LogP contribution is -2.27. The van der Waals surface area contributed by atoms with Gasteiger partial charge in [-0.3, -0.25) is 5.01 Å². The number of aromatic nitrogens is 2. The summed E-state index contributed by atoms with van der Waals surface area (Å²) in [6, 6.07) is 0.0811. The number of rotatable bonds is 5. The van der Waals surface area contributed by atoms with Gasteiger partial charge in [-0.05, 0) is 18.1 Å². The molecular weight excluding hydrogens is 263 g/mol. The highest BCUT2D eigenvalue weighted by molar-refractivity contribution is 5.37. The fourth-order valence-electron chi connectivity index (χ4n) is 1.81. The summed E-state index contributed by atoms with van der Waals surface area (Å²) in [5.74, 6) is 5.77. The molecule has 0 atom stereocenters. The van der Waals surface area contributed by atoms with Crippen LogP contribution in [0.2, 0.25) is 0 Å². The zero-order valence-electron chi connectivity index (χ0n) is 11.5. The lowest BCUT2D eigenvalue weighted by molar-refractivity contribution is 0.272. The van der Waals surface area contributed by atoms with Crippen LogP contribution in [-0.4, -0.2) is 30.7 Å². The summed E-state index contributed by atoms with van der Waals surface area (Å²) < 4.78 is 24.0. The van der Waals surface area contributed by atoms with Gasteiger partial charge >= 0.3 is 6.01 Å². The molecule has 1 aromatic rings. The minimum atomic E-state index is -0.596. The molecule has 0 aromatic carbocycles. The Morgan fingerprint density at radius 1 is 1.50 bits per heavy atom. The van der Waals surface area contributed by atoms with Crippen LogP contribution < -0.4 is 15.6 Å². The molecule has 0 amide bonds. The molecule has 1 heterocycles. The van der Waals surface area contributed by atoms with Crippen LogP contribution in [0.5, 0.6) is 6.01 Å². The molecule has 6 nitrogen and oxygen atoms in total. The van der Waals surface area contributed by atoms with Crippen molar-refractivity contribution >= 4 is 5.82 Å². The third-order valence-corrected chi connectivity index (χ3v) is 2.81. The quantitative estimate of drug-likeness (QED) is 0.651. The van der Waals surface area contributed by atoms with Gasteiger partial charge in [-0.1, -0.05) is 6.08 Å². The summed E-state index contributed by atoms with van der Waals surface area (Å²) in [5.41, 5.74) is 0.976. The molecule has 0 fully saturated rings. The van der Waals surface area contributed by atoms with E-state index in [1.165, 1.54) is 7.05 Å². The largest absolute Gasteiger partial charge is 0.501 e. The van der Waals surface area contributed by atoms with Crippen molar-refractivity contribution in [2.24, 2.45) is 5.84 Å². The van der Waals surface area contributed by atoms with Gasteiger partial charge in [-0.25, -0.2) is 15.2 Å². The van der Waals surface area contributed by atoms with Gasteiger partial charge in [-0.15, -0.1) is 0 Å². The second-order valence-electron chi connectivity index (χ2n) is 4.36. The van der Waals surface area contributed by atoms with Crippen molar-refractivity contribution in [1.82, 2.24) is 9.97 Å². The maximum Gasteiger partial charge on any atom is 0.318 e. The number of hydrogen-bond acceptors (Lipinski definition) is 6. The number of allylic oxidation sites excluding steroid dienone is 2. The van der Waals surface area contributed by atoms with Crippen LogP contribution >= 0.6 is 0 Å². The predicted molar refractivity (Wildman–Crippen MR) is 72.5 cm³/mol. The van der Waals surface area contributed by atoms with Gasteiger partial charge in [0.05, 0.1) is 19.1 Å². The molecule has 108 valence electrons. The minimum absolute atomic E-state index is 0.0132. The number of hydrogen-bond donors (Lipinski definition) is 1. The standard InChI is InChI=1S/C13H17FN4O2/c1-18(15)12-11(14)7-16-13(17-12)20-8-9-4-3-5-10(6-9)19-2/h4,6-7H,3,5,8,15H2,1-2H3. The summed E-state index contributed by atoms with van der Waals surface area (Å²) in [6.07, 6.45) is 6.80. The van der Waals surface area contributed by atoms with E-state index in [1.54, 1.807) is 7.11 Å². The smallest absolute Gasteiger partial charge is 0.318 e. The van der Waals surface area contributed by atoms with E-state index in [2.05, 4.69) is 16.0 Å². The van der Waals surface area contributed by atoms with E-state index in [-0.39, 0.29) is 11.8 Å². The number of hydrazine groups is 1. The first-order valence-corrected chi connectivity index (χ1v) is 6.17. The molecule has 0 bridgehead atoms. The molecule has 2 N–H and O–H groups in total. The molecule has 2 rings (SSSR count). The Bertz CT molecular complexity index is 543. The number of ether oxygens (including phenoxy) is 2. The lowest BCUT2D eigenvalue weighted by Gasteiger charge is -2.14. The van der Waals surface area contributed by atoms with Gasteiger partial charge in [0.25, 0.3) is 0 Å². The first-order valence-electron chi connectivity index (χ1n) is 6.17. The van der Waals surface area contributed by atoms with Crippen molar-refractivity contribution in [2.45, 2.75) is 12.8 Å². The van der Waals surface area contributed by atoms with E-state index in [0.29, 0.717) is 6.61 Å². The highest BCUT2D eigenvalue weighted by atomic mass is 19.1.